The molecule has 0 saturated heterocycles. The number of nitrogens with one attached hydrogen (secondary N) is 4. The van der Waals surface area contributed by atoms with Crippen molar-refractivity contribution in [1.29, 1.82) is 0 Å². The first-order valence-electron chi connectivity index (χ1n) is 11.1. The number of guanidine groups is 1. The van der Waals surface area contributed by atoms with E-state index in [4.69, 9.17) is 17.2 Å². The van der Waals surface area contributed by atoms with Crippen LogP contribution in [-0.2, 0) is 17.9 Å². The second kappa shape index (κ2) is 12.1. The SMILES string of the molecule is NC(=O)NCc1ccc(CNC(=O)[C@@H](CCCN=C(N)N)NC(=O)c2ccc3[nH]ccc3c2)cc1. The van der Waals surface area contributed by atoms with Gasteiger partial charge >= 0.3 is 6.03 Å². The molecule has 0 unspecified atom stereocenters. The number of fused-ring (bicyclic) bond motifs is 1. The van der Waals surface area contributed by atoms with E-state index < -0.39 is 12.1 Å². The van der Waals surface area contributed by atoms with Crippen molar-refractivity contribution < 1.29 is 14.4 Å². The summed E-state index contributed by atoms with van der Waals surface area (Å²) in [6.45, 7) is 0.941. The largest absolute Gasteiger partial charge is 0.370 e. The molecule has 1 atom stereocenters. The first-order valence-corrected chi connectivity index (χ1v) is 11.1. The molecule has 0 bridgehead atoms. The van der Waals surface area contributed by atoms with Gasteiger partial charge in [-0.2, -0.15) is 0 Å². The molecule has 11 nitrogen and oxygen atoms in total. The van der Waals surface area contributed by atoms with Gasteiger partial charge < -0.3 is 38.1 Å². The number of primary amides is 1. The maximum absolute atomic E-state index is 12.9. The molecule has 11 heteroatoms. The van der Waals surface area contributed by atoms with Crippen molar-refractivity contribution in [2.45, 2.75) is 32.0 Å². The van der Waals surface area contributed by atoms with E-state index in [-0.39, 0.29) is 24.3 Å². The van der Waals surface area contributed by atoms with Crippen molar-refractivity contribution in [2.24, 2.45) is 22.2 Å². The Kier molecular flexibility index (Phi) is 8.65. The van der Waals surface area contributed by atoms with Crippen molar-refractivity contribution in [3.8, 4) is 0 Å². The lowest BCUT2D eigenvalue weighted by molar-refractivity contribution is -0.123. The van der Waals surface area contributed by atoms with Crippen molar-refractivity contribution in [3.63, 3.8) is 0 Å². The predicted octanol–water partition coefficient (Wildman–Crippen LogP) is 0.805. The summed E-state index contributed by atoms with van der Waals surface area (Å²) in [5, 5.41) is 9.12. The Labute approximate surface area is 202 Å². The lowest BCUT2D eigenvalue weighted by Crippen LogP contribution is -2.46. The van der Waals surface area contributed by atoms with E-state index >= 15 is 0 Å². The minimum atomic E-state index is -0.766. The van der Waals surface area contributed by atoms with Gasteiger partial charge in [-0.15, -0.1) is 0 Å². The molecular formula is C24H30N8O3. The van der Waals surface area contributed by atoms with Crippen LogP contribution in [0.3, 0.4) is 0 Å². The van der Waals surface area contributed by atoms with Gasteiger partial charge in [0.25, 0.3) is 5.91 Å². The molecule has 3 aromatic rings. The number of hydrogen-bond donors (Lipinski definition) is 7. The number of aromatic nitrogens is 1. The van der Waals surface area contributed by atoms with E-state index in [9.17, 15) is 14.4 Å². The Morgan fingerprint density at radius 1 is 0.914 bits per heavy atom. The van der Waals surface area contributed by atoms with Crippen LogP contribution in [0.4, 0.5) is 4.79 Å². The molecule has 184 valence electrons. The summed E-state index contributed by atoms with van der Waals surface area (Å²) in [5.41, 5.74) is 18.9. The van der Waals surface area contributed by atoms with E-state index in [1.807, 2.05) is 36.4 Å². The van der Waals surface area contributed by atoms with Gasteiger partial charge in [0, 0.05) is 42.3 Å². The van der Waals surface area contributed by atoms with Gasteiger partial charge in [-0.3, -0.25) is 14.6 Å². The van der Waals surface area contributed by atoms with E-state index in [0.717, 1.165) is 22.0 Å². The summed E-state index contributed by atoms with van der Waals surface area (Å²) < 4.78 is 0. The van der Waals surface area contributed by atoms with Crippen LogP contribution in [0.5, 0.6) is 0 Å². The Morgan fingerprint density at radius 3 is 2.26 bits per heavy atom. The summed E-state index contributed by atoms with van der Waals surface area (Å²) in [4.78, 5) is 43.7. The quantitative estimate of drug-likeness (QED) is 0.121. The van der Waals surface area contributed by atoms with Crippen molar-refractivity contribution in [2.75, 3.05) is 6.54 Å². The third-order valence-electron chi connectivity index (χ3n) is 5.34. The van der Waals surface area contributed by atoms with Crippen molar-refractivity contribution >= 4 is 34.7 Å². The maximum atomic E-state index is 12.9. The van der Waals surface area contributed by atoms with Crippen LogP contribution >= 0.6 is 0 Å². The molecule has 35 heavy (non-hydrogen) atoms. The van der Waals surface area contributed by atoms with Crippen LogP contribution in [0.1, 0.15) is 34.3 Å². The molecule has 0 spiro atoms. The van der Waals surface area contributed by atoms with E-state index in [0.29, 0.717) is 31.5 Å². The smallest absolute Gasteiger partial charge is 0.312 e. The highest BCUT2D eigenvalue weighted by molar-refractivity contribution is 6.00. The molecule has 3 rings (SSSR count). The second-order valence-electron chi connectivity index (χ2n) is 8.01. The number of carbonyl (C=O) groups excluding carboxylic acids is 3. The molecule has 0 radical (unpaired) electrons. The number of benzene rings is 2. The molecule has 1 heterocycles. The number of carbonyl (C=O) groups is 3. The molecule has 0 aliphatic carbocycles. The Balaban J connectivity index is 1.62. The number of H-pyrrole nitrogens is 1. The van der Waals surface area contributed by atoms with Gasteiger partial charge in [-0.25, -0.2) is 4.79 Å². The zero-order valence-electron chi connectivity index (χ0n) is 19.2. The maximum Gasteiger partial charge on any atom is 0.312 e. The minimum Gasteiger partial charge on any atom is -0.370 e. The van der Waals surface area contributed by atoms with Gasteiger partial charge in [-0.05, 0) is 48.2 Å². The fourth-order valence-electron chi connectivity index (χ4n) is 3.49. The monoisotopic (exact) mass is 478 g/mol. The standard InChI is InChI=1S/C24H30N8O3/c25-23(26)29-10-1-2-20(32-21(33)18-7-8-19-17(12-18)9-11-28-19)22(34)30-13-15-3-5-16(6-4-15)14-31-24(27)35/h3-9,11-12,20,28H,1-2,10,13-14H2,(H,30,34)(H,32,33)(H4,25,26,29)(H3,27,31,35)/t20-/m1/s1. The lowest BCUT2D eigenvalue weighted by atomic mass is 10.1. The first-order chi connectivity index (χ1) is 16.8. The number of nitrogens with two attached hydrogens (primary N) is 3. The van der Waals surface area contributed by atoms with Gasteiger partial charge in [-0.1, -0.05) is 24.3 Å². The lowest BCUT2D eigenvalue weighted by Gasteiger charge is -2.18. The zero-order valence-corrected chi connectivity index (χ0v) is 19.2. The zero-order chi connectivity index (χ0) is 25.2. The summed E-state index contributed by atoms with van der Waals surface area (Å²) in [7, 11) is 0. The molecule has 0 saturated carbocycles. The average Bonchev–Trinajstić information content (AvgIpc) is 3.31. The third kappa shape index (κ3) is 7.77. The fourth-order valence-corrected chi connectivity index (χ4v) is 3.49. The van der Waals surface area contributed by atoms with Gasteiger partial charge in [0.05, 0.1) is 0 Å². The van der Waals surface area contributed by atoms with E-state index in [1.165, 1.54) is 0 Å². The molecule has 0 aliphatic heterocycles. The normalized spacial score (nSPS) is 11.4. The van der Waals surface area contributed by atoms with Crippen molar-refractivity contribution in [3.05, 3.63) is 71.4 Å². The summed E-state index contributed by atoms with van der Waals surface area (Å²) >= 11 is 0. The van der Waals surface area contributed by atoms with Crippen LogP contribution in [0.2, 0.25) is 0 Å². The first kappa shape index (κ1) is 25.1. The Morgan fingerprint density at radius 2 is 1.60 bits per heavy atom. The number of nitrogens with zero attached hydrogens (tertiary/aromatic N) is 1. The number of amides is 4. The molecule has 2 aromatic carbocycles. The van der Waals surface area contributed by atoms with Gasteiger partial charge in [0.2, 0.25) is 5.91 Å². The number of aromatic amines is 1. The molecule has 0 fully saturated rings. The van der Waals surface area contributed by atoms with Crippen LogP contribution in [-0.4, -0.2) is 41.4 Å². The van der Waals surface area contributed by atoms with Crippen LogP contribution < -0.4 is 33.2 Å². The summed E-state index contributed by atoms with van der Waals surface area (Å²) in [6.07, 6.45) is 2.67. The topological polar surface area (TPSA) is 194 Å². The molecule has 0 aliphatic rings. The molecule has 10 N–H and O–H groups in total. The van der Waals surface area contributed by atoms with Crippen LogP contribution in [0.15, 0.2) is 59.7 Å². The number of aliphatic imine (C=N–C) groups is 1. The fraction of sp³-hybridized carbons (Fsp3) is 0.250. The summed E-state index contributed by atoms with van der Waals surface area (Å²) in [5.74, 6) is -0.684. The highest BCUT2D eigenvalue weighted by atomic mass is 16.2. The van der Waals surface area contributed by atoms with E-state index in [2.05, 4.69) is 25.9 Å². The van der Waals surface area contributed by atoms with E-state index in [1.54, 1.807) is 18.3 Å². The highest BCUT2D eigenvalue weighted by Crippen LogP contribution is 2.15. The molecule has 1 aromatic heterocycles. The number of urea groups is 1. The number of rotatable bonds is 11. The third-order valence-corrected chi connectivity index (χ3v) is 5.34. The molecule has 4 amide bonds. The van der Waals surface area contributed by atoms with Crippen molar-refractivity contribution in [1.82, 2.24) is 20.9 Å². The Hall–Kier alpha value is -4.54. The van der Waals surface area contributed by atoms with Crippen LogP contribution in [0.25, 0.3) is 10.9 Å². The predicted molar refractivity (Wildman–Crippen MR) is 134 cm³/mol. The summed E-state index contributed by atoms with van der Waals surface area (Å²) in [6, 6.07) is 13.2. The molecular weight excluding hydrogens is 448 g/mol. The number of hydrogen-bond acceptors (Lipinski definition) is 4. The Bertz CT molecular complexity index is 1200. The highest BCUT2D eigenvalue weighted by Gasteiger charge is 2.21. The minimum absolute atomic E-state index is 0.0238. The van der Waals surface area contributed by atoms with Gasteiger partial charge in [0.1, 0.15) is 6.04 Å². The second-order valence-corrected chi connectivity index (χ2v) is 8.01. The average molecular weight is 479 g/mol. The van der Waals surface area contributed by atoms with Gasteiger partial charge in [0.15, 0.2) is 5.96 Å². The van der Waals surface area contributed by atoms with Crippen LogP contribution in [0, 0.1) is 0 Å².